The molecule has 152 valence electrons. The maximum atomic E-state index is 13.2. The van der Waals surface area contributed by atoms with E-state index in [0.29, 0.717) is 21.9 Å². The minimum atomic E-state index is -0.105. The van der Waals surface area contributed by atoms with Gasteiger partial charge in [-0.05, 0) is 42.5 Å². The van der Waals surface area contributed by atoms with Crippen molar-refractivity contribution in [1.29, 1.82) is 0 Å². The number of aryl methyl sites for hydroxylation is 2. The van der Waals surface area contributed by atoms with Crippen LogP contribution in [0, 0.1) is 13.8 Å². The summed E-state index contributed by atoms with van der Waals surface area (Å²) in [6, 6.07) is 17.6. The van der Waals surface area contributed by atoms with Gasteiger partial charge >= 0.3 is 0 Å². The lowest BCUT2D eigenvalue weighted by atomic mass is 10.1. The first-order chi connectivity index (χ1) is 14.5. The van der Waals surface area contributed by atoms with E-state index in [0.717, 1.165) is 16.8 Å². The first kappa shape index (κ1) is 20.4. The number of hydrogen-bond donors (Lipinski definition) is 1. The maximum Gasteiger partial charge on any atom is 0.276 e. The SMILES string of the molecule is Cc1ccc(CNC(=O)CSc2nc3ccsc3c(=O)n2-c2ccccc2C)cc1. The van der Waals surface area contributed by atoms with Crippen molar-refractivity contribution in [3.8, 4) is 5.69 Å². The van der Waals surface area contributed by atoms with Gasteiger partial charge in [-0.2, -0.15) is 0 Å². The van der Waals surface area contributed by atoms with Crippen LogP contribution in [-0.4, -0.2) is 21.2 Å². The second-order valence-corrected chi connectivity index (χ2v) is 8.87. The molecule has 0 aliphatic heterocycles. The summed E-state index contributed by atoms with van der Waals surface area (Å²) < 4.78 is 2.23. The van der Waals surface area contributed by atoms with Crippen LogP contribution in [0.2, 0.25) is 0 Å². The standard InChI is InChI=1S/C23H21N3O2S2/c1-15-7-9-17(10-8-15)13-24-20(27)14-30-23-25-18-11-12-29-21(18)22(28)26(23)19-6-4-3-5-16(19)2/h3-12H,13-14H2,1-2H3,(H,24,27). The molecule has 1 amide bonds. The fourth-order valence-electron chi connectivity index (χ4n) is 3.10. The van der Waals surface area contributed by atoms with Gasteiger partial charge in [0.05, 0.1) is 17.0 Å². The Balaban J connectivity index is 1.57. The Labute approximate surface area is 182 Å². The Morgan fingerprint density at radius 2 is 1.87 bits per heavy atom. The summed E-state index contributed by atoms with van der Waals surface area (Å²) in [6.07, 6.45) is 0. The van der Waals surface area contributed by atoms with Gasteiger partial charge in [0.25, 0.3) is 5.56 Å². The summed E-state index contributed by atoms with van der Waals surface area (Å²) in [5, 5.41) is 5.32. The molecule has 0 radical (unpaired) electrons. The van der Waals surface area contributed by atoms with Crippen LogP contribution < -0.4 is 10.9 Å². The maximum absolute atomic E-state index is 13.2. The molecule has 0 saturated heterocycles. The van der Waals surface area contributed by atoms with E-state index in [2.05, 4.69) is 10.3 Å². The van der Waals surface area contributed by atoms with Crippen LogP contribution in [-0.2, 0) is 11.3 Å². The normalized spacial score (nSPS) is 11.0. The van der Waals surface area contributed by atoms with E-state index in [-0.39, 0.29) is 17.2 Å². The number of benzene rings is 2. The van der Waals surface area contributed by atoms with Crippen LogP contribution in [0.15, 0.2) is 69.9 Å². The van der Waals surface area contributed by atoms with Gasteiger partial charge in [-0.25, -0.2) is 4.98 Å². The number of para-hydroxylation sites is 1. The highest BCUT2D eigenvalue weighted by Gasteiger charge is 2.16. The highest BCUT2D eigenvalue weighted by atomic mass is 32.2. The molecule has 1 N–H and O–H groups in total. The second-order valence-electron chi connectivity index (χ2n) is 7.01. The van der Waals surface area contributed by atoms with E-state index in [1.165, 1.54) is 28.7 Å². The summed E-state index contributed by atoms with van der Waals surface area (Å²) in [4.78, 5) is 30.3. The predicted octanol–water partition coefficient (Wildman–Crippen LogP) is 4.47. The summed E-state index contributed by atoms with van der Waals surface area (Å²) in [5.41, 5.74) is 4.55. The Bertz CT molecular complexity index is 1260. The molecule has 0 aliphatic rings. The van der Waals surface area contributed by atoms with Crippen molar-refractivity contribution in [1.82, 2.24) is 14.9 Å². The van der Waals surface area contributed by atoms with Crippen LogP contribution in [0.1, 0.15) is 16.7 Å². The molecule has 4 aromatic rings. The smallest absolute Gasteiger partial charge is 0.276 e. The molecule has 5 nitrogen and oxygen atoms in total. The summed E-state index contributed by atoms with van der Waals surface area (Å²) in [5.74, 6) is 0.0800. The number of fused-ring (bicyclic) bond motifs is 1. The zero-order valence-electron chi connectivity index (χ0n) is 16.7. The number of carbonyl (C=O) groups is 1. The molecule has 0 spiro atoms. The topological polar surface area (TPSA) is 64.0 Å². The van der Waals surface area contributed by atoms with Gasteiger partial charge < -0.3 is 5.32 Å². The molecule has 2 aromatic carbocycles. The third-order valence-corrected chi connectivity index (χ3v) is 6.58. The molecule has 30 heavy (non-hydrogen) atoms. The lowest BCUT2D eigenvalue weighted by Crippen LogP contribution is -2.26. The molecule has 0 bridgehead atoms. The summed E-state index contributed by atoms with van der Waals surface area (Å²) >= 11 is 2.66. The van der Waals surface area contributed by atoms with Gasteiger partial charge in [0.2, 0.25) is 5.91 Å². The fraction of sp³-hybridized carbons (Fsp3) is 0.174. The fourth-order valence-corrected chi connectivity index (χ4v) is 4.70. The molecule has 0 aliphatic carbocycles. The number of thiophene rings is 1. The predicted molar refractivity (Wildman–Crippen MR) is 124 cm³/mol. The Morgan fingerprint density at radius 1 is 1.10 bits per heavy atom. The Kier molecular flexibility index (Phi) is 6.01. The minimum absolute atomic E-state index is 0.100. The number of carbonyl (C=O) groups excluding carboxylic acids is 1. The third kappa shape index (κ3) is 4.32. The molecule has 0 saturated carbocycles. The lowest BCUT2D eigenvalue weighted by molar-refractivity contribution is -0.118. The largest absolute Gasteiger partial charge is 0.351 e. The van der Waals surface area contributed by atoms with E-state index in [1.807, 2.05) is 73.8 Å². The van der Waals surface area contributed by atoms with Crippen molar-refractivity contribution in [3.05, 3.63) is 87.0 Å². The van der Waals surface area contributed by atoms with Crippen molar-refractivity contribution in [2.24, 2.45) is 0 Å². The van der Waals surface area contributed by atoms with E-state index in [9.17, 15) is 9.59 Å². The first-order valence-electron chi connectivity index (χ1n) is 9.54. The van der Waals surface area contributed by atoms with E-state index in [4.69, 9.17) is 0 Å². The van der Waals surface area contributed by atoms with Gasteiger partial charge in [-0.3, -0.25) is 14.2 Å². The van der Waals surface area contributed by atoms with Crippen molar-refractivity contribution in [2.75, 3.05) is 5.75 Å². The number of nitrogens with one attached hydrogen (secondary N) is 1. The van der Waals surface area contributed by atoms with Crippen molar-refractivity contribution >= 4 is 39.2 Å². The van der Waals surface area contributed by atoms with E-state index < -0.39 is 0 Å². The molecular weight excluding hydrogens is 414 g/mol. The number of rotatable bonds is 6. The third-order valence-electron chi connectivity index (χ3n) is 4.75. The minimum Gasteiger partial charge on any atom is -0.351 e. The molecule has 7 heteroatoms. The molecule has 2 aromatic heterocycles. The van der Waals surface area contributed by atoms with Crippen LogP contribution in [0.3, 0.4) is 0 Å². The summed E-state index contributed by atoms with van der Waals surface area (Å²) in [7, 11) is 0. The van der Waals surface area contributed by atoms with E-state index in [1.54, 1.807) is 4.57 Å². The number of thioether (sulfide) groups is 1. The number of amides is 1. The number of hydrogen-bond acceptors (Lipinski definition) is 5. The van der Waals surface area contributed by atoms with Gasteiger partial charge in [0.1, 0.15) is 4.70 Å². The molecule has 0 atom stereocenters. The van der Waals surface area contributed by atoms with Gasteiger partial charge in [0.15, 0.2) is 5.16 Å². The highest BCUT2D eigenvalue weighted by molar-refractivity contribution is 7.99. The average molecular weight is 436 g/mol. The highest BCUT2D eigenvalue weighted by Crippen LogP contribution is 2.24. The number of aromatic nitrogens is 2. The Hall–Kier alpha value is -2.90. The van der Waals surface area contributed by atoms with Crippen molar-refractivity contribution in [2.45, 2.75) is 25.5 Å². The molecule has 4 rings (SSSR count). The van der Waals surface area contributed by atoms with Crippen molar-refractivity contribution < 1.29 is 4.79 Å². The van der Waals surface area contributed by atoms with E-state index >= 15 is 0 Å². The monoisotopic (exact) mass is 435 g/mol. The molecular formula is C23H21N3O2S2. The van der Waals surface area contributed by atoms with Crippen LogP contribution >= 0.6 is 23.1 Å². The summed E-state index contributed by atoms with van der Waals surface area (Å²) in [6.45, 7) is 4.47. The molecule has 2 heterocycles. The zero-order valence-corrected chi connectivity index (χ0v) is 18.3. The lowest BCUT2D eigenvalue weighted by Gasteiger charge is -2.14. The quantitative estimate of drug-likeness (QED) is 0.358. The molecule has 0 unspecified atom stereocenters. The Morgan fingerprint density at radius 3 is 2.63 bits per heavy atom. The van der Waals surface area contributed by atoms with Crippen molar-refractivity contribution in [3.63, 3.8) is 0 Å². The van der Waals surface area contributed by atoms with Gasteiger partial charge in [-0.1, -0.05) is 59.8 Å². The van der Waals surface area contributed by atoms with Crippen LogP contribution in [0.5, 0.6) is 0 Å². The molecule has 0 fully saturated rings. The zero-order chi connectivity index (χ0) is 21.1. The number of nitrogens with zero attached hydrogens (tertiary/aromatic N) is 2. The second kappa shape index (κ2) is 8.85. The van der Waals surface area contributed by atoms with Gasteiger partial charge in [-0.15, -0.1) is 11.3 Å². The van der Waals surface area contributed by atoms with Crippen LogP contribution in [0.4, 0.5) is 0 Å². The van der Waals surface area contributed by atoms with Gasteiger partial charge in [0, 0.05) is 6.54 Å². The van der Waals surface area contributed by atoms with Crippen LogP contribution in [0.25, 0.3) is 15.9 Å². The first-order valence-corrected chi connectivity index (χ1v) is 11.4. The average Bonchev–Trinajstić information content (AvgIpc) is 3.22.